The van der Waals surface area contributed by atoms with E-state index in [1.54, 1.807) is 6.92 Å². The number of hydrogen-bond acceptors (Lipinski definition) is 3. The summed E-state index contributed by atoms with van der Waals surface area (Å²) in [7, 11) is 0. The lowest BCUT2D eigenvalue weighted by atomic mass is 9.81. The summed E-state index contributed by atoms with van der Waals surface area (Å²) >= 11 is 24.1. The number of aromatic hydroxyl groups is 1. The number of hydrogen-bond donors (Lipinski definition) is 1. The van der Waals surface area contributed by atoms with Crippen LogP contribution in [0, 0.1) is 6.92 Å². The van der Waals surface area contributed by atoms with E-state index in [0.717, 1.165) is 0 Å². The Bertz CT molecular complexity index is 815. The summed E-state index contributed by atoms with van der Waals surface area (Å²) in [6.07, 6.45) is 0. The standard InChI is InChI=1S/C15H6Cl4O3/c1-4-2-3-5(20)7-6(4)14(21)8-9(15(7)22)11(17)13(19)12(18)10(8)16/h2-3,20H,1H3. The lowest BCUT2D eigenvalue weighted by molar-refractivity contribution is 0.0976. The van der Waals surface area contributed by atoms with Gasteiger partial charge in [0.05, 0.1) is 36.8 Å². The highest BCUT2D eigenvalue weighted by atomic mass is 35.5. The average molecular weight is 376 g/mol. The summed E-state index contributed by atoms with van der Waals surface area (Å²) < 4.78 is 0. The third-order valence-electron chi connectivity index (χ3n) is 3.57. The first-order valence-corrected chi connectivity index (χ1v) is 7.56. The van der Waals surface area contributed by atoms with Crippen LogP contribution in [0.1, 0.15) is 37.4 Å². The number of phenols is 1. The molecule has 0 aromatic heterocycles. The van der Waals surface area contributed by atoms with Crippen molar-refractivity contribution in [1.29, 1.82) is 0 Å². The number of carbonyl (C=O) groups is 2. The quantitative estimate of drug-likeness (QED) is 0.439. The Hall–Kier alpha value is -1.26. The van der Waals surface area contributed by atoms with Crippen molar-refractivity contribution in [3.05, 3.63) is 60.0 Å². The summed E-state index contributed by atoms with van der Waals surface area (Å²) in [6, 6.07) is 2.88. The molecule has 3 rings (SSSR count). The molecule has 0 spiro atoms. The van der Waals surface area contributed by atoms with E-state index in [0.29, 0.717) is 5.56 Å². The second-order valence-corrected chi connectivity index (χ2v) is 6.33. The van der Waals surface area contributed by atoms with Gasteiger partial charge in [-0.1, -0.05) is 52.5 Å². The van der Waals surface area contributed by atoms with E-state index < -0.39 is 11.6 Å². The Balaban J connectivity index is 2.50. The number of fused-ring (bicyclic) bond motifs is 2. The van der Waals surface area contributed by atoms with Crippen molar-refractivity contribution in [2.75, 3.05) is 0 Å². The van der Waals surface area contributed by atoms with Crippen LogP contribution in [0.3, 0.4) is 0 Å². The molecule has 0 fully saturated rings. The number of benzene rings is 2. The molecule has 3 nitrogen and oxygen atoms in total. The molecule has 0 unspecified atom stereocenters. The Kier molecular flexibility index (Phi) is 3.65. The average Bonchev–Trinajstić information content (AvgIpc) is 2.48. The summed E-state index contributed by atoms with van der Waals surface area (Å²) in [5.74, 6) is -1.44. The molecule has 2 aromatic carbocycles. The number of halogens is 4. The maximum absolute atomic E-state index is 12.8. The van der Waals surface area contributed by atoms with Crippen LogP contribution in [0.5, 0.6) is 5.75 Å². The molecule has 1 N–H and O–H groups in total. The largest absolute Gasteiger partial charge is 0.507 e. The molecular formula is C15H6Cl4O3. The third kappa shape index (κ3) is 1.90. The van der Waals surface area contributed by atoms with Crippen LogP contribution >= 0.6 is 46.4 Å². The van der Waals surface area contributed by atoms with Crippen molar-refractivity contribution in [1.82, 2.24) is 0 Å². The zero-order chi connectivity index (χ0) is 16.3. The second kappa shape index (κ2) is 5.14. The molecule has 0 heterocycles. The van der Waals surface area contributed by atoms with Crippen molar-refractivity contribution in [2.45, 2.75) is 6.92 Å². The van der Waals surface area contributed by atoms with Gasteiger partial charge in [-0.15, -0.1) is 0 Å². The Morgan fingerprint density at radius 3 is 1.68 bits per heavy atom. The molecule has 2 aromatic rings. The van der Waals surface area contributed by atoms with E-state index in [4.69, 9.17) is 46.4 Å². The molecule has 112 valence electrons. The van der Waals surface area contributed by atoms with E-state index >= 15 is 0 Å². The van der Waals surface area contributed by atoms with Crippen molar-refractivity contribution in [3.63, 3.8) is 0 Å². The molecule has 0 radical (unpaired) electrons. The fourth-order valence-corrected chi connectivity index (χ4v) is 3.55. The predicted octanol–water partition coefficient (Wildman–Crippen LogP) is 5.09. The third-order valence-corrected chi connectivity index (χ3v) is 5.37. The van der Waals surface area contributed by atoms with E-state index in [-0.39, 0.29) is 48.1 Å². The van der Waals surface area contributed by atoms with Gasteiger partial charge in [-0.05, 0) is 18.6 Å². The lowest BCUT2D eigenvalue weighted by Gasteiger charge is -2.23. The maximum Gasteiger partial charge on any atom is 0.199 e. The van der Waals surface area contributed by atoms with E-state index in [1.807, 2.05) is 0 Å². The monoisotopic (exact) mass is 374 g/mol. The van der Waals surface area contributed by atoms with Crippen LogP contribution in [0.2, 0.25) is 20.1 Å². The Labute approximate surface area is 145 Å². The van der Waals surface area contributed by atoms with Gasteiger partial charge in [0.2, 0.25) is 0 Å². The Morgan fingerprint density at radius 2 is 1.18 bits per heavy atom. The van der Waals surface area contributed by atoms with Crippen molar-refractivity contribution >= 4 is 58.0 Å². The lowest BCUT2D eigenvalue weighted by Crippen LogP contribution is -2.23. The van der Waals surface area contributed by atoms with E-state index in [2.05, 4.69) is 0 Å². The molecule has 0 amide bonds. The SMILES string of the molecule is Cc1ccc(O)c2c1C(=O)c1c(Cl)c(Cl)c(Cl)c(Cl)c1C2=O. The highest BCUT2D eigenvalue weighted by Crippen LogP contribution is 2.46. The number of rotatable bonds is 0. The van der Waals surface area contributed by atoms with Crippen LogP contribution in [-0.4, -0.2) is 16.7 Å². The molecule has 1 aliphatic rings. The van der Waals surface area contributed by atoms with Gasteiger partial charge in [-0.25, -0.2) is 0 Å². The smallest absolute Gasteiger partial charge is 0.199 e. The zero-order valence-corrected chi connectivity index (χ0v) is 14.0. The minimum absolute atomic E-state index is 0.0884. The number of carbonyl (C=O) groups excluding carboxylic acids is 2. The molecule has 0 bridgehead atoms. The first kappa shape index (κ1) is 15.6. The molecular weight excluding hydrogens is 370 g/mol. The summed E-state index contributed by atoms with van der Waals surface area (Å²) in [5, 5.41) is 9.49. The van der Waals surface area contributed by atoms with Gasteiger partial charge in [0.1, 0.15) is 5.75 Å². The molecule has 1 aliphatic carbocycles. The van der Waals surface area contributed by atoms with Crippen molar-refractivity contribution in [3.8, 4) is 5.75 Å². The maximum atomic E-state index is 12.8. The van der Waals surface area contributed by atoms with Crippen molar-refractivity contribution < 1.29 is 14.7 Å². The van der Waals surface area contributed by atoms with Gasteiger partial charge in [0.15, 0.2) is 11.6 Å². The first-order chi connectivity index (χ1) is 10.3. The van der Waals surface area contributed by atoms with Gasteiger partial charge < -0.3 is 5.11 Å². The highest BCUT2D eigenvalue weighted by molar-refractivity contribution is 6.55. The minimum Gasteiger partial charge on any atom is -0.507 e. The van der Waals surface area contributed by atoms with Crippen LogP contribution < -0.4 is 0 Å². The molecule has 0 aliphatic heterocycles. The van der Waals surface area contributed by atoms with E-state index in [1.165, 1.54) is 12.1 Å². The summed E-state index contributed by atoms with van der Waals surface area (Å²) in [6.45, 7) is 1.65. The Morgan fingerprint density at radius 1 is 0.727 bits per heavy atom. The van der Waals surface area contributed by atoms with Crippen LogP contribution in [0.4, 0.5) is 0 Å². The number of aryl methyl sites for hydroxylation is 1. The topological polar surface area (TPSA) is 54.4 Å². The molecule has 0 atom stereocenters. The van der Waals surface area contributed by atoms with Gasteiger partial charge >= 0.3 is 0 Å². The first-order valence-electron chi connectivity index (χ1n) is 6.05. The minimum atomic E-state index is -0.615. The fraction of sp³-hybridized carbons (Fsp3) is 0.0667. The van der Waals surface area contributed by atoms with Crippen molar-refractivity contribution in [2.24, 2.45) is 0 Å². The summed E-state index contributed by atoms with van der Waals surface area (Å²) in [4.78, 5) is 25.5. The van der Waals surface area contributed by atoms with Gasteiger partial charge in [0.25, 0.3) is 0 Å². The van der Waals surface area contributed by atoms with Gasteiger partial charge in [-0.2, -0.15) is 0 Å². The molecule has 0 saturated heterocycles. The highest BCUT2D eigenvalue weighted by Gasteiger charge is 2.38. The fourth-order valence-electron chi connectivity index (χ4n) is 2.53. The summed E-state index contributed by atoms with van der Waals surface area (Å²) in [5.41, 5.74) is 0.296. The van der Waals surface area contributed by atoms with Crippen LogP contribution in [-0.2, 0) is 0 Å². The molecule has 7 heteroatoms. The molecule has 0 saturated carbocycles. The second-order valence-electron chi connectivity index (χ2n) is 4.82. The van der Waals surface area contributed by atoms with E-state index in [9.17, 15) is 14.7 Å². The predicted molar refractivity (Wildman–Crippen MR) is 86.2 cm³/mol. The number of ketones is 2. The number of phenolic OH excluding ortho intramolecular Hbond substituents is 1. The molecule has 22 heavy (non-hydrogen) atoms. The van der Waals surface area contributed by atoms with Crippen LogP contribution in [0.15, 0.2) is 12.1 Å². The van der Waals surface area contributed by atoms with Gasteiger partial charge in [0, 0.05) is 5.56 Å². The van der Waals surface area contributed by atoms with Gasteiger partial charge in [-0.3, -0.25) is 9.59 Å². The van der Waals surface area contributed by atoms with Crippen LogP contribution in [0.25, 0.3) is 0 Å². The zero-order valence-electron chi connectivity index (χ0n) is 10.9. The normalized spacial score (nSPS) is 13.1.